The van der Waals surface area contributed by atoms with E-state index in [4.69, 9.17) is 0 Å². The van der Waals surface area contributed by atoms with Crippen molar-refractivity contribution in [3.63, 3.8) is 0 Å². The maximum atomic E-state index is 12.7. The first-order valence-corrected chi connectivity index (χ1v) is 9.99. The van der Waals surface area contributed by atoms with Crippen LogP contribution in [0.25, 0.3) is 5.69 Å². The molecule has 2 aromatic rings. The molecule has 1 aromatic heterocycles. The van der Waals surface area contributed by atoms with E-state index in [9.17, 15) is 13.2 Å². The number of hydrogen-bond acceptors (Lipinski definition) is 5. The molecule has 134 valence electrons. The zero-order valence-corrected chi connectivity index (χ0v) is 15.7. The van der Waals surface area contributed by atoms with Gasteiger partial charge in [0.05, 0.1) is 22.9 Å². The van der Waals surface area contributed by atoms with Gasteiger partial charge in [0, 0.05) is 13.1 Å². The molecule has 0 spiro atoms. The molecule has 8 heteroatoms. The van der Waals surface area contributed by atoms with Crippen molar-refractivity contribution in [3.05, 3.63) is 40.7 Å². The molecule has 1 atom stereocenters. The second-order valence-corrected chi connectivity index (χ2v) is 8.91. The van der Waals surface area contributed by atoms with Crippen molar-refractivity contribution in [1.82, 2.24) is 19.9 Å². The first-order chi connectivity index (χ1) is 11.7. The summed E-state index contributed by atoms with van der Waals surface area (Å²) in [4.78, 5) is 14.2. The van der Waals surface area contributed by atoms with Gasteiger partial charge in [-0.25, -0.2) is 13.1 Å². The van der Waals surface area contributed by atoms with Gasteiger partial charge in [0.25, 0.3) is 5.91 Å². The van der Waals surface area contributed by atoms with Crippen LogP contribution in [0.2, 0.25) is 0 Å². The molecule has 0 radical (unpaired) electrons. The lowest BCUT2D eigenvalue weighted by Gasteiger charge is -2.22. The Morgan fingerprint density at radius 3 is 2.56 bits per heavy atom. The van der Waals surface area contributed by atoms with Crippen molar-refractivity contribution >= 4 is 15.7 Å². The van der Waals surface area contributed by atoms with Crippen molar-refractivity contribution < 1.29 is 13.2 Å². The molecule has 1 amide bonds. The Labute approximate surface area is 147 Å². The Bertz CT molecular complexity index is 933. The van der Waals surface area contributed by atoms with Gasteiger partial charge < -0.3 is 4.90 Å². The molecular formula is C17H22N4O3S. The Morgan fingerprint density at radius 2 is 1.96 bits per heavy atom. The smallest absolute Gasteiger partial charge is 0.276 e. The highest BCUT2D eigenvalue weighted by Crippen LogP contribution is 2.20. The second-order valence-electron chi connectivity index (χ2n) is 6.68. The Kier molecular flexibility index (Phi) is 4.40. The average molecular weight is 362 g/mol. The molecule has 0 bridgehead atoms. The van der Waals surface area contributed by atoms with Crippen LogP contribution in [0.15, 0.2) is 18.2 Å². The Balaban J connectivity index is 1.87. The maximum absolute atomic E-state index is 12.7. The number of carbonyl (C=O) groups excluding carboxylic acids is 1. The highest BCUT2D eigenvalue weighted by molar-refractivity contribution is 7.91. The predicted molar refractivity (Wildman–Crippen MR) is 94.7 cm³/mol. The average Bonchev–Trinajstić information content (AvgIpc) is 3.11. The number of aryl methyl sites for hydroxylation is 2. The van der Waals surface area contributed by atoms with Crippen molar-refractivity contribution in [1.29, 1.82) is 0 Å². The monoisotopic (exact) mass is 362 g/mol. The fourth-order valence-electron chi connectivity index (χ4n) is 3.04. The van der Waals surface area contributed by atoms with Crippen LogP contribution in [0.1, 0.15) is 33.7 Å². The van der Waals surface area contributed by atoms with Gasteiger partial charge in [-0.3, -0.25) is 4.79 Å². The summed E-state index contributed by atoms with van der Waals surface area (Å²) in [5.74, 6) is -0.155. The number of sulfone groups is 1. The number of nitrogens with zero attached hydrogens (tertiary/aromatic N) is 4. The van der Waals surface area contributed by atoms with Gasteiger partial charge in [0.15, 0.2) is 15.5 Å². The molecule has 0 saturated carbocycles. The molecule has 3 rings (SSSR count). The molecule has 1 unspecified atom stereocenters. The van der Waals surface area contributed by atoms with E-state index < -0.39 is 9.84 Å². The van der Waals surface area contributed by atoms with Crippen LogP contribution in [0.5, 0.6) is 0 Å². The van der Waals surface area contributed by atoms with E-state index in [1.54, 1.807) is 18.7 Å². The lowest BCUT2D eigenvalue weighted by Crippen LogP contribution is -2.38. The normalized spacial score (nSPS) is 19.1. The first-order valence-electron chi connectivity index (χ1n) is 8.17. The summed E-state index contributed by atoms with van der Waals surface area (Å²) in [6, 6.07) is 5.64. The van der Waals surface area contributed by atoms with Crippen LogP contribution in [0.4, 0.5) is 0 Å². The quantitative estimate of drug-likeness (QED) is 0.825. The lowest BCUT2D eigenvalue weighted by atomic mass is 10.1. The minimum absolute atomic E-state index is 0.0135. The lowest BCUT2D eigenvalue weighted by molar-refractivity contribution is 0.0741. The molecule has 25 heavy (non-hydrogen) atoms. The van der Waals surface area contributed by atoms with E-state index in [2.05, 4.69) is 10.3 Å². The fraction of sp³-hybridized carbons (Fsp3) is 0.471. The third-order valence-corrected chi connectivity index (χ3v) is 6.66. The number of aromatic nitrogens is 3. The fourth-order valence-corrected chi connectivity index (χ4v) is 4.82. The molecule has 2 heterocycles. The van der Waals surface area contributed by atoms with Gasteiger partial charge in [-0.15, -0.1) is 5.10 Å². The molecular weight excluding hydrogens is 340 g/mol. The highest BCUT2D eigenvalue weighted by atomic mass is 32.2. The first kappa shape index (κ1) is 17.6. The van der Waals surface area contributed by atoms with Crippen molar-refractivity contribution in [2.24, 2.45) is 0 Å². The minimum Gasteiger partial charge on any atom is -0.336 e. The van der Waals surface area contributed by atoms with Gasteiger partial charge in [0.2, 0.25) is 0 Å². The largest absolute Gasteiger partial charge is 0.336 e. The summed E-state index contributed by atoms with van der Waals surface area (Å²) in [6.45, 7) is 5.85. The molecule has 1 fully saturated rings. The number of hydrogen-bond donors (Lipinski definition) is 0. The third-order valence-electron chi connectivity index (χ3n) is 4.91. The number of amides is 1. The maximum Gasteiger partial charge on any atom is 0.276 e. The highest BCUT2D eigenvalue weighted by Gasteiger charge is 2.34. The van der Waals surface area contributed by atoms with Crippen molar-refractivity contribution in [2.75, 3.05) is 18.6 Å². The van der Waals surface area contributed by atoms with Crippen LogP contribution >= 0.6 is 0 Å². The van der Waals surface area contributed by atoms with Crippen LogP contribution in [0.3, 0.4) is 0 Å². The van der Waals surface area contributed by atoms with Crippen LogP contribution in [-0.4, -0.2) is 58.8 Å². The SMILES string of the molecule is Cc1ccc(-n2nnc(C(=O)N(C)C3CCS(=O)(=O)C3)c2C)cc1C. The molecule has 0 aliphatic carbocycles. The summed E-state index contributed by atoms with van der Waals surface area (Å²) < 4.78 is 24.9. The topological polar surface area (TPSA) is 85.2 Å². The van der Waals surface area contributed by atoms with Gasteiger partial charge in [-0.1, -0.05) is 11.3 Å². The van der Waals surface area contributed by atoms with Crippen molar-refractivity contribution in [3.8, 4) is 5.69 Å². The summed E-state index contributed by atoms with van der Waals surface area (Å²) >= 11 is 0. The zero-order chi connectivity index (χ0) is 18.4. The van der Waals surface area contributed by atoms with E-state index >= 15 is 0 Å². The van der Waals surface area contributed by atoms with Crippen molar-refractivity contribution in [2.45, 2.75) is 33.2 Å². The number of benzene rings is 1. The number of rotatable bonds is 3. The van der Waals surface area contributed by atoms with Crippen LogP contribution < -0.4 is 0 Å². The minimum atomic E-state index is -3.05. The van der Waals surface area contributed by atoms with Gasteiger partial charge in [-0.2, -0.15) is 0 Å². The summed E-state index contributed by atoms with van der Waals surface area (Å²) in [5.41, 5.74) is 4.05. The van der Waals surface area contributed by atoms with E-state index in [0.717, 1.165) is 11.3 Å². The van der Waals surface area contributed by atoms with E-state index in [1.807, 2.05) is 32.0 Å². The number of carbonyl (C=O) groups is 1. The molecule has 0 N–H and O–H groups in total. The predicted octanol–water partition coefficient (Wildman–Crippen LogP) is 1.45. The molecule has 1 saturated heterocycles. The summed E-state index contributed by atoms with van der Waals surface area (Å²) in [7, 11) is -1.42. The van der Waals surface area contributed by atoms with E-state index in [1.165, 1.54) is 10.5 Å². The third kappa shape index (κ3) is 3.30. The van der Waals surface area contributed by atoms with E-state index in [-0.39, 0.29) is 29.1 Å². The summed E-state index contributed by atoms with van der Waals surface area (Å²) in [5, 5.41) is 8.16. The van der Waals surface area contributed by atoms with Gasteiger partial charge in [-0.05, 0) is 50.5 Å². The zero-order valence-electron chi connectivity index (χ0n) is 14.9. The molecule has 1 aliphatic heterocycles. The van der Waals surface area contributed by atoms with Crippen LogP contribution in [-0.2, 0) is 9.84 Å². The van der Waals surface area contributed by atoms with Crippen LogP contribution in [0, 0.1) is 20.8 Å². The van der Waals surface area contributed by atoms with Gasteiger partial charge in [0.1, 0.15) is 0 Å². The Hall–Kier alpha value is -2.22. The second kappa shape index (κ2) is 6.25. The van der Waals surface area contributed by atoms with E-state index in [0.29, 0.717) is 12.1 Å². The summed E-state index contributed by atoms with van der Waals surface area (Å²) in [6.07, 6.45) is 0.467. The molecule has 7 nitrogen and oxygen atoms in total. The standard InChI is InChI=1S/C17H22N4O3S/c1-11-5-6-14(9-12(11)2)21-13(3)16(18-19-21)17(22)20(4)15-7-8-25(23,24)10-15/h5-6,9,15H,7-8,10H2,1-4H3. The molecule has 1 aromatic carbocycles. The molecule has 1 aliphatic rings. The Morgan fingerprint density at radius 1 is 1.24 bits per heavy atom. The van der Waals surface area contributed by atoms with Gasteiger partial charge >= 0.3 is 0 Å².